The Bertz CT molecular complexity index is 499. The summed E-state index contributed by atoms with van der Waals surface area (Å²) in [7, 11) is 0. The number of hydrogen-bond donors (Lipinski definition) is 1. The second kappa shape index (κ2) is 4.53. The first-order valence-electron chi connectivity index (χ1n) is 4.73. The van der Waals surface area contributed by atoms with E-state index in [9.17, 15) is 9.28 Å². The molecule has 0 aliphatic heterocycles. The summed E-state index contributed by atoms with van der Waals surface area (Å²) < 4.78 is 12.0. The van der Waals surface area contributed by atoms with Crippen LogP contribution in [0.5, 0.6) is 0 Å². The molecule has 80 valence electrons. The fraction of sp³-hybridized carbons (Fsp3) is 0. The molecule has 0 fully saturated rings. The fourth-order valence-corrected chi connectivity index (χ4v) is 1.41. The highest BCUT2D eigenvalue weighted by atomic mass is 19.2. The molecule has 1 N–H and O–H groups in total. The van der Waals surface area contributed by atoms with Gasteiger partial charge in [-0.2, -0.15) is 5.54 Å². The third kappa shape index (κ3) is 2.06. The normalized spacial score (nSPS) is 9.81. The average Bonchev–Trinajstić information content (AvgIpc) is 2.39. The molecule has 0 radical (unpaired) electrons. The summed E-state index contributed by atoms with van der Waals surface area (Å²) in [6, 6.07) is 12.1. The van der Waals surface area contributed by atoms with E-state index in [1.807, 2.05) is 24.3 Å². The number of benzene rings is 1. The summed E-state index contributed by atoms with van der Waals surface area (Å²) in [6.07, 6.45) is 1.66. The minimum atomic E-state index is -0.752. The first-order chi connectivity index (χ1) is 7.81. The molecule has 3 nitrogen and oxygen atoms in total. The van der Waals surface area contributed by atoms with Crippen molar-refractivity contribution in [2.75, 3.05) is 0 Å². The highest BCUT2D eigenvalue weighted by Gasteiger charge is 2.06. The standard InChI is InChI=1S/C12H9FN2O/c13-15-12(16)10-5-3-4-9(8-10)11-6-1-2-7-14-11/h1-8H,(H,15,16). The molecule has 2 aromatic rings. The Morgan fingerprint density at radius 3 is 2.75 bits per heavy atom. The molecule has 0 saturated heterocycles. The molecule has 1 aromatic heterocycles. The average molecular weight is 216 g/mol. The van der Waals surface area contributed by atoms with Gasteiger partial charge >= 0.3 is 0 Å². The lowest BCUT2D eigenvalue weighted by Crippen LogP contribution is -2.13. The maximum Gasteiger partial charge on any atom is 0.278 e. The molecule has 1 aromatic carbocycles. The molecule has 0 aliphatic carbocycles. The molecule has 0 bridgehead atoms. The van der Waals surface area contributed by atoms with E-state index < -0.39 is 5.91 Å². The topological polar surface area (TPSA) is 42.0 Å². The van der Waals surface area contributed by atoms with E-state index in [1.165, 1.54) is 0 Å². The van der Waals surface area contributed by atoms with E-state index in [4.69, 9.17) is 0 Å². The van der Waals surface area contributed by atoms with Crippen molar-refractivity contribution in [1.29, 1.82) is 0 Å². The number of carbonyl (C=O) groups is 1. The van der Waals surface area contributed by atoms with E-state index in [-0.39, 0.29) is 5.56 Å². The van der Waals surface area contributed by atoms with Gasteiger partial charge in [-0.25, -0.2) is 0 Å². The number of aromatic nitrogens is 1. The number of halogens is 1. The predicted octanol–water partition coefficient (Wildman–Crippen LogP) is 2.36. The summed E-state index contributed by atoms with van der Waals surface area (Å²) in [5, 5.41) is 0. The van der Waals surface area contributed by atoms with Gasteiger partial charge in [0.25, 0.3) is 5.91 Å². The van der Waals surface area contributed by atoms with Gasteiger partial charge in [-0.1, -0.05) is 22.7 Å². The third-order valence-electron chi connectivity index (χ3n) is 2.17. The van der Waals surface area contributed by atoms with Crippen LogP contribution in [0.15, 0.2) is 48.7 Å². The number of hydrogen-bond acceptors (Lipinski definition) is 2. The van der Waals surface area contributed by atoms with Crippen LogP contribution in [0.2, 0.25) is 0 Å². The summed E-state index contributed by atoms with van der Waals surface area (Å²) >= 11 is 0. The Labute approximate surface area is 91.9 Å². The highest BCUT2D eigenvalue weighted by Crippen LogP contribution is 2.17. The number of rotatable bonds is 2. The molecule has 4 heteroatoms. The lowest BCUT2D eigenvalue weighted by molar-refractivity contribution is 0.0859. The maximum absolute atomic E-state index is 12.0. The number of nitrogens with one attached hydrogen (secondary N) is 1. The summed E-state index contributed by atoms with van der Waals surface area (Å²) in [6.45, 7) is 0. The first kappa shape index (κ1) is 10.3. The highest BCUT2D eigenvalue weighted by molar-refractivity contribution is 5.94. The van der Waals surface area contributed by atoms with Crippen molar-refractivity contribution < 1.29 is 9.28 Å². The Balaban J connectivity index is 2.40. The molecule has 1 heterocycles. The van der Waals surface area contributed by atoms with Crippen LogP contribution in [0.25, 0.3) is 11.3 Å². The van der Waals surface area contributed by atoms with Gasteiger partial charge in [0.15, 0.2) is 0 Å². The van der Waals surface area contributed by atoms with Crippen LogP contribution in [0, 0.1) is 0 Å². The van der Waals surface area contributed by atoms with E-state index in [2.05, 4.69) is 4.98 Å². The van der Waals surface area contributed by atoms with Gasteiger partial charge in [0.05, 0.1) is 5.69 Å². The lowest BCUT2D eigenvalue weighted by Gasteiger charge is -2.02. The van der Waals surface area contributed by atoms with Crippen LogP contribution >= 0.6 is 0 Å². The second-order valence-electron chi connectivity index (χ2n) is 3.22. The van der Waals surface area contributed by atoms with Gasteiger partial charge < -0.3 is 0 Å². The molecule has 2 rings (SSSR count). The van der Waals surface area contributed by atoms with E-state index in [1.54, 1.807) is 24.4 Å². The number of nitrogens with zero attached hydrogens (tertiary/aromatic N) is 1. The third-order valence-corrected chi connectivity index (χ3v) is 2.17. The van der Waals surface area contributed by atoms with Gasteiger partial charge in [0.2, 0.25) is 0 Å². The summed E-state index contributed by atoms with van der Waals surface area (Å²) in [4.78, 5) is 15.2. The molecule has 1 amide bonds. The SMILES string of the molecule is O=C(NF)c1cccc(-c2ccccn2)c1. The van der Waals surface area contributed by atoms with Gasteiger partial charge in [-0.15, -0.1) is 0 Å². The lowest BCUT2D eigenvalue weighted by atomic mass is 10.1. The zero-order valence-corrected chi connectivity index (χ0v) is 8.35. The van der Waals surface area contributed by atoms with Crippen molar-refractivity contribution in [1.82, 2.24) is 10.5 Å². The molecule has 0 aliphatic rings. The summed E-state index contributed by atoms with van der Waals surface area (Å²) in [5.74, 6) is -0.752. The minimum absolute atomic E-state index is 0.269. The van der Waals surface area contributed by atoms with Crippen LogP contribution in [-0.4, -0.2) is 10.9 Å². The largest absolute Gasteiger partial charge is 0.278 e. The van der Waals surface area contributed by atoms with E-state index in [0.717, 1.165) is 16.8 Å². The van der Waals surface area contributed by atoms with Crippen molar-refractivity contribution >= 4 is 5.91 Å². The zero-order chi connectivity index (χ0) is 11.4. The Kier molecular flexibility index (Phi) is 2.91. The van der Waals surface area contributed by atoms with E-state index in [0.29, 0.717) is 0 Å². The molecular weight excluding hydrogens is 207 g/mol. The van der Waals surface area contributed by atoms with Crippen LogP contribution in [0.1, 0.15) is 10.4 Å². The molecule has 0 spiro atoms. The van der Waals surface area contributed by atoms with Gasteiger partial charge in [0, 0.05) is 17.3 Å². The number of amides is 1. The van der Waals surface area contributed by atoms with Gasteiger partial charge in [0.1, 0.15) is 0 Å². The Morgan fingerprint density at radius 1 is 1.19 bits per heavy atom. The molecule has 0 saturated carbocycles. The summed E-state index contributed by atoms with van der Waals surface area (Å²) in [5.41, 5.74) is 2.90. The fourth-order valence-electron chi connectivity index (χ4n) is 1.41. The number of pyridine rings is 1. The van der Waals surface area contributed by atoms with Crippen LogP contribution in [0.3, 0.4) is 0 Å². The smallest absolute Gasteiger partial charge is 0.267 e. The van der Waals surface area contributed by atoms with Crippen molar-refractivity contribution in [3.05, 3.63) is 54.2 Å². The quantitative estimate of drug-likeness (QED) is 0.783. The molecular formula is C12H9FN2O. The van der Waals surface area contributed by atoms with E-state index >= 15 is 0 Å². The monoisotopic (exact) mass is 216 g/mol. The van der Waals surface area contributed by atoms with Crippen LogP contribution < -0.4 is 5.54 Å². The Hall–Kier alpha value is -2.23. The molecule has 0 atom stereocenters. The van der Waals surface area contributed by atoms with Gasteiger partial charge in [-0.3, -0.25) is 9.78 Å². The molecule has 0 unspecified atom stereocenters. The van der Waals surface area contributed by atoms with Crippen molar-refractivity contribution in [2.45, 2.75) is 0 Å². The van der Waals surface area contributed by atoms with Crippen molar-refractivity contribution in [2.24, 2.45) is 0 Å². The second-order valence-corrected chi connectivity index (χ2v) is 3.22. The maximum atomic E-state index is 12.0. The Morgan fingerprint density at radius 2 is 2.06 bits per heavy atom. The molecule has 16 heavy (non-hydrogen) atoms. The minimum Gasteiger partial charge on any atom is -0.267 e. The van der Waals surface area contributed by atoms with Crippen molar-refractivity contribution in [3.63, 3.8) is 0 Å². The van der Waals surface area contributed by atoms with Crippen LogP contribution in [0.4, 0.5) is 4.48 Å². The number of carbonyl (C=O) groups excluding carboxylic acids is 1. The first-order valence-corrected chi connectivity index (χ1v) is 4.73. The predicted molar refractivity (Wildman–Crippen MR) is 58.2 cm³/mol. The van der Waals surface area contributed by atoms with Crippen LogP contribution in [-0.2, 0) is 0 Å². The zero-order valence-electron chi connectivity index (χ0n) is 8.35. The van der Waals surface area contributed by atoms with Gasteiger partial charge in [-0.05, 0) is 24.3 Å². The van der Waals surface area contributed by atoms with Crippen molar-refractivity contribution in [3.8, 4) is 11.3 Å².